The molecule has 0 spiro atoms. The predicted molar refractivity (Wildman–Crippen MR) is 36.3 cm³/mol. The van der Waals surface area contributed by atoms with Crippen molar-refractivity contribution in [1.82, 2.24) is 5.32 Å². The summed E-state index contributed by atoms with van der Waals surface area (Å²) in [5, 5.41) is 3.11. The van der Waals surface area contributed by atoms with Crippen molar-refractivity contribution < 1.29 is 33.8 Å². The van der Waals surface area contributed by atoms with Gasteiger partial charge in [0.15, 0.2) is 0 Å². The largest absolute Gasteiger partial charge is 0.692 e. The van der Waals surface area contributed by atoms with E-state index in [0.29, 0.717) is 0 Å². The zero-order chi connectivity index (χ0) is 7.70. The molecule has 0 unspecified atom stereocenters. The second-order valence-electron chi connectivity index (χ2n) is 1.21. The minimum atomic E-state index is -2.87. The fourth-order valence-corrected chi connectivity index (χ4v) is 0.250. The van der Waals surface area contributed by atoms with Gasteiger partial charge in [0.1, 0.15) is 0 Å². The first kappa shape index (κ1) is 16.9. The maximum atomic E-state index is 8.70. The van der Waals surface area contributed by atoms with E-state index in [1.807, 2.05) is 0 Å². The molecule has 0 aliphatic rings. The monoisotopic (exact) mass is 218 g/mol. The molecule has 10 heavy (non-hydrogen) atoms. The third kappa shape index (κ3) is 73.4. The Bertz CT molecular complexity index is 67.5. The van der Waals surface area contributed by atoms with Crippen molar-refractivity contribution in [2.75, 3.05) is 13.1 Å². The van der Waals surface area contributed by atoms with Gasteiger partial charge in [0, 0.05) is 24.0 Å². The van der Waals surface area contributed by atoms with Crippen LogP contribution in [0.3, 0.4) is 0 Å². The van der Waals surface area contributed by atoms with Crippen molar-refractivity contribution in [3.8, 4) is 0 Å². The third-order valence-electron chi connectivity index (χ3n) is 0.500. The van der Waals surface area contributed by atoms with E-state index in [-0.39, 0.29) is 19.5 Å². The van der Waals surface area contributed by atoms with E-state index in [1.165, 1.54) is 0 Å². The van der Waals surface area contributed by atoms with Crippen molar-refractivity contribution in [2.24, 2.45) is 0 Å². The van der Waals surface area contributed by atoms with Gasteiger partial charge in [-0.2, -0.15) is 0 Å². The van der Waals surface area contributed by atoms with Crippen LogP contribution in [-0.4, -0.2) is 22.9 Å². The van der Waals surface area contributed by atoms with Gasteiger partial charge in [0.2, 0.25) is 0 Å². The second kappa shape index (κ2) is 16.3. The first-order chi connectivity index (χ1) is 4.15. The fourth-order valence-electron chi connectivity index (χ4n) is 0.250. The topological polar surface area (TPSA) is 69.6 Å². The van der Waals surface area contributed by atoms with Gasteiger partial charge < -0.3 is 5.32 Å². The molecule has 0 aliphatic carbocycles. The molecule has 0 atom stereocenters. The summed E-state index contributed by atoms with van der Waals surface area (Å²) in [6, 6.07) is 0. The Labute approximate surface area is 74.7 Å². The van der Waals surface area contributed by atoms with Gasteiger partial charge in [-0.25, -0.2) is 0 Å². The molecular weight excluding hydrogens is 206 g/mol. The Morgan fingerprint density at radius 2 is 1.50 bits per heavy atom. The van der Waals surface area contributed by atoms with E-state index in [1.54, 1.807) is 0 Å². The Kier molecular flexibility index (Phi) is 27.6. The molecule has 0 radical (unpaired) electrons. The van der Waals surface area contributed by atoms with Gasteiger partial charge in [0.05, 0.1) is 0 Å². The molecule has 0 fully saturated rings. The molecule has 0 aliphatic heterocycles. The van der Waals surface area contributed by atoms with Gasteiger partial charge in [-0.05, 0) is 13.1 Å². The van der Waals surface area contributed by atoms with Gasteiger partial charge >= 0.3 is 8.25 Å². The first-order valence-corrected chi connectivity index (χ1v) is 3.87. The molecule has 0 aromatic carbocycles. The Morgan fingerprint density at radius 3 is 1.50 bits per heavy atom. The van der Waals surface area contributed by atoms with Gasteiger partial charge in [-0.1, -0.05) is 13.8 Å². The number of nitrogens with one attached hydrogen (secondary N) is 1. The van der Waals surface area contributed by atoms with Crippen LogP contribution in [0.5, 0.6) is 0 Å². The van der Waals surface area contributed by atoms with Crippen molar-refractivity contribution >= 4 is 8.25 Å². The molecule has 4 nitrogen and oxygen atoms in total. The molecule has 0 aromatic heterocycles. The summed E-state index contributed by atoms with van der Waals surface area (Å²) in [5.74, 6) is 0. The van der Waals surface area contributed by atoms with Gasteiger partial charge in [0.25, 0.3) is 0 Å². The average Bonchev–Trinajstić information content (AvgIpc) is 1.66. The SMILES string of the molecule is CCNCC.O=[P+](O)O.[Zn]. The molecule has 0 bridgehead atoms. The minimum Gasteiger partial charge on any atom is -0.317 e. The van der Waals surface area contributed by atoms with Crippen LogP contribution in [-0.2, 0) is 24.0 Å². The Morgan fingerprint density at radius 1 is 1.30 bits per heavy atom. The van der Waals surface area contributed by atoms with Crippen LogP contribution in [0.15, 0.2) is 0 Å². The molecule has 0 heterocycles. The van der Waals surface area contributed by atoms with E-state index in [2.05, 4.69) is 19.2 Å². The number of hydrogen-bond donors (Lipinski definition) is 3. The van der Waals surface area contributed by atoms with E-state index < -0.39 is 8.25 Å². The Balaban J connectivity index is -0.0000000910. The van der Waals surface area contributed by atoms with E-state index in [0.717, 1.165) is 13.1 Å². The van der Waals surface area contributed by atoms with Crippen LogP contribution in [0.2, 0.25) is 0 Å². The molecule has 6 heteroatoms. The Hall–Kier alpha value is 0.603. The quantitative estimate of drug-likeness (QED) is 0.460. The summed E-state index contributed by atoms with van der Waals surface area (Å²) < 4.78 is 8.70. The van der Waals surface area contributed by atoms with Crippen molar-refractivity contribution in [3.63, 3.8) is 0 Å². The summed E-state index contributed by atoms with van der Waals surface area (Å²) in [4.78, 5) is 14.2. The van der Waals surface area contributed by atoms with E-state index in [4.69, 9.17) is 14.4 Å². The van der Waals surface area contributed by atoms with Crippen LogP contribution in [0, 0.1) is 0 Å². The summed E-state index contributed by atoms with van der Waals surface area (Å²) in [7, 11) is -2.87. The standard InChI is InChI=1S/C4H11N.HO3P.Zn/c1-3-5-4-2;1-4(2)3;/h5H,3-4H2,1-2H3;(H-,1,2,3);/p+1. The van der Waals surface area contributed by atoms with Crippen LogP contribution < -0.4 is 5.32 Å². The summed E-state index contributed by atoms with van der Waals surface area (Å²) in [6.45, 7) is 6.39. The minimum absolute atomic E-state index is 0. The molecular formula is C4H13NO3PZn+. The summed E-state index contributed by atoms with van der Waals surface area (Å²) in [5.41, 5.74) is 0. The summed E-state index contributed by atoms with van der Waals surface area (Å²) in [6.07, 6.45) is 0. The predicted octanol–water partition coefficient (Wildman–Crippen LogP) is 0.242. The first-order valence-electron chi connectivity index (χ1n) is 2.70. The number of hydrogen-bond acceptors (Lipinski definition) is 2. The zero-order valence-electron chi connectivity index (χ0n) is 6.37. The molecule has 0 amide bonds. The zero-order valence-corrected chi connectivity index (χ0v) is 10.2. The molecule has 0 rings (SSSR count). The average molecular weight is 220 g/mol. The summed E-state index contributed by atoms with van der Waals surface area (Å²) >= 11 is 0. The van der Waals surface area contributed by atoms with Gasteiger partial charge in [-0.15, -0.1) is 9.79 Å². The van der Waals surface area contributed by atoms with Gasteiger partial charge in [-0.3, -0.25) is 0 Å². The smallest absolute Gasteiger partial charge is 0.317 e. The van der Waals surface area contributed by atoms with E-state index >= 15 is 0 Å². The van der Waals surface area contributed by atoms with Crippen LogP contribution >= 0.6 is 8.25 Å². The van der Waals surface area contributed by atoms with Crippen LogP contribution in [0.4, 0.5) is 0 Å². The maximum absolute atomic E-state index is 8.70. The van der Waals surface area contributed by atoms with Crippen molar-refractivity contribution in [2.45, 2.75) is 13.8 Å². The van der Waals surface area contributed by atoms with E-state index in [9.17, 15) is 0 Å². The molecule has 0 saturated heterocycles. The molecule has 0 aromatic rings. The second-order valence-corrected chi connectivity index (χ2v) is 1.72. The molecule has 58 valence electrons. The maximum Gasteiger partial charge on any atom is 0.692 e. The normalized spacial score (nSPS) is 6.80. The molecule has 0 saturated carbocycles. The van der Waals surface area contributed by atoms with Crippen LogP contribution in [0.1, 0.15) is 13.8 Å². The number of rotatable bonds is 2. The third-order valence-corrected chi connectivity index (χ3v) is 0.500. The van der Waals surface area contributed by atoms with Crippen molar-refractivity contribution in [3.05, 3.63) is 0 Å². The molecule has 3 N–H and O–H groups in total. The van der Waals surface area contributed by atoms with Crippen LogP contribution in [0.25, 0.3) is 0 Å². The fraction of sp³-hybridized carbons (Fsp3) is 1.00. The van der Waals surface area contributed by atoms with Crippen molar-refractivity contribution in [1.29, 1.82) is 0 Å².